The van der Waals surface area contributed by atoms with Crippen molar-refractivity contribution in [2.45, 2.75) is 102 Å². The predicted molar refractivity (Wildman–Crippen MR) is 279 cm³/mol. The molecule has 1 spiro atoms. The molecule has 72 heavy (non-hydrogen) atoms. The molecule has 10 rings (SSSR count). The number of aromatic nitrogens is 1. The first-order chi connectivity index (χ1) is 34.9. The molecule has 0 amide bonds. The monoisotopic (exact) mass is 979 g/mol. The van der Waals surface area contributed by atoms with Crippen molar-refractivity contribution in [2.24, 2.45) is 29.1 Å². The number of aryl methyl sites for hydroxylation is 1. The van der Waals surface area contributed by atoms with Crippen LogP contribution in [0.5, 0.6) is 34.5 Å². The van der Waals surface area contributed by atoms with Crippen molar-refractivity contribution in [2.75, 3.05) is 38.7 Å². The van der Waals surface area contributed by atoms with E-state index in [0.717, 1.165) is 70.1 Å². The molecule has 1 fully saturated rings. The lowest BCUT2D eigenvalue weighted by atomic mass is 9.57. The molecule has 1 saturated carbocycles. The number of hydrogen-bond acceptors (Lipinski definition) is 12. The topological polar surface area (TPSA) is 209 Å². The number of aliphatic hydroxyl groups excluding tert-OH is 2. The second-order valence-electron chi connectivity index (χ2n) is 21.2. The van der Waals surface area contributed by atoms with Gasteiger partial charge in [-0.15, -0.1) is 0 Å². The van der Waals surface area contributed by atoms with Crippen LogP contribution in [0.25, 0.3) is 10.8 Å². The standard InChI is InChI=1S/C59H70N4O9/c1-34-6-3-7-35(24-34)33-72-53-29-39(28-52(69)57(53)70)38-25-40(32-60-2)55-44-14-13-43(64)26-37(44)10-15-47(55)63-54-30-41(19-22-62-54)59(20-18-48(65)46(59)31-42-8-4-21-61-42)56(51(68)27-38)49(66)16-11-36-12-17-50(67)58-45(36)9-5-23-71-58/h3-4,7-8,10,12-15,17,19,21,26,28-30,34-35,38,40,46,48-49,56,60-67,69-70H,5-6,9,11,16,18,20,22-25,27,31-33H2,1-2H3. The van der Waals surface area contributed by atoms with Gasteiger partial charge in [0.05, 0.1) is 31.3 Å². The lowest BCUT2D eigenvalue weighted by molar-refractivity contribution is -0.134. The van der Waals surface area contributed by atoms with Gasteiger partial charge in [-0.2, -0.15) is 0 Å². The van der Waals surface area contributed by atoms with Crippen LogP contribution < -0.4 is 25.4 Å². The van der Waals surface area contributed by atoms with E-state index in [9.17, 15) is 30.6 Å². The van der Waals surface area contributed by atoms with Crippen LogP contribution in [0.15, 0.2) is 109 Å². The second-order valence-corrected chi connectivity index (χ2v) is 21.2. The van der Waals surface area contributed by atoms with E-state index in [2.05, 4.69) is 52.2 Å². The van der Waals surface area contributed by atoms with Gasteiger partial charge in [-0.25, -0.2) is 0 Å². The lowest BCUT2D eigenvalue weighted by Gasteiger charge is -2.46. The Bertz CT molecular complexity index is 2870. The van der Waals surface area contributed by atoms with E-state index >= 15 is 4.79 Å². The maximum absolute atomic E-state index is 16.4. The van der Waals surface area contributed by atoms with Crippen molar-refractivity contribution in [3.63, 3.8) is 0 Å². The van der Waals surface area contributed by atoms with E-state index in [-0.39, 0.29) is 59.2 Å². The minimum absolute atomic E-state index is 0.0413. The third-order valence-corrected chi connectivity index (χ3v) is 16.5. The summed E-state index contributed by atoms with van der Waals surface area (Å²) in [6, 6.07) is 20.2. The van der Waals surface area contributed by atoms with Crippen molar-refractivity contribution in [1.29, 1.82) is 0 Å². The number of anilines is 1. The van der Waals surface area contributed by atoms with Gasteiger partial charge in [0.25, 0.3) is 0 Å². The molecule has 0 saturated heterocycles. The molecule has 2 bridgehead atoms. The maximum Gasteiger partial charge on any atom is 0.200 e. The fourth-order valence-electron chi connectivity index (χ4n) is 13.2. The average Bonchev–Trinajstić information content (AvgIpc) is 4.01. The highest BCUT2D eigenvalue weighted by atomic mass is 16.5. The minimum Gasteiger partial charge on any atom is -0.508 e. The number of rotatable bonds is 12. The molecule has 13 nitrogen and oxygen atoms in total. The molecule has 3 aliphatic heterocycles. The molecule has 4 heterocycles. The fraction of sp³-hybridized carbons (Fsp3) is 0.441. The number of hydrogen-bond donors (Lipinski definition) is 10. The number of dihydropyridines is 1. The quantitative estimate of drug-likeness (QED) is 0.0420. The molecule has 0 radical (unpaired) electrons. The van der Waals surface area contributed by atoms with E-state index in [4.69, 9.17) is 9.47 Å². The number of carbonyl (C=O) groups is 1. The summed E-state index contributed by atoms with van der Waals surface area (Å²) < 4.78 is 12.3. The lowest BCUT2D eigenvalue weighted by Crippen LogP contribution is -2.50. The van der Waals surface area contributed by atoms with Crippen molar-refractivity contribution in [3.05, 3.63) is 137 Å². The molecule has 380 valence electrons. The number of carbonyl (C=O) groups excluding carboxylic acids is 1. The Kier molecular flexibility index (Phi) is 14.3. The Balaban J connectivity index is 1.14. The number of benzene rings is 4. The summed E-state index contributed by atoms with van der Waals surface area (Å²) in [4.78, 5) is 19.8. The predicted octanol–water partition coefficient (Wildman–Crippen LogP) is 9.14. The molecule has 5 aromatic rings. The van der Waals surface area contributed by atoms with Crippen molar-refractivity contribution >= 4 is 22.2 Å². The van der Waals surface area contributed by atoms with E-state index in [1.54, 1.807) is 30.3 Å². The van der Waals surface area contributed by atoms with Gasteiger partial charge in [0.2, 0.25) is 5.75 Å². The number of likely N-dealkylation sites (N-methyl/N-ethyl adjacent to an activating group) is 1. The van der Waals surface area contributed by atoms with E-state index in [1.807, 2.05) is 49.6 Å². The van der Waals surface area contributed by atoms with Gasteiger partial charge in [-0.1, -0.05) is 43.4 Å². The van der Waals surface area contributed by atoms with Crippen molar-refractivity contribution in [1.82, 2.24) is 15.6 Å². The van der Waals surface area contributed by atoms with Crippen molar-refractivity contribution in [3.8, 4) is 34.5 Å². The Morgan fingerprint density at radius 3 is 2.71 bits per heavy atom. The molecule has 9 unspecified atom stereocenters. The van der Waals surface area contributed by atoms with Gasteiger partial charge in [0.1, 0.15) is 17.4 Å². The number of phenols is 4. The largest absolute Gasteiger partial charge is 0.508 e. The highest BCUT2D eigenvalue weighted by Gasteiger charge is 2.58. The van der Waals surface area contributed by atoms with Gasteiger partial charge >= 0.3 is 0 Å². The highest BCUT2D eigenvalue weighted by Crippen LogP contribution is 2.59. The summed E-state index contributed by atoms with van der Waals surface area (Å²) in [5.41, 5.74) is 5.03. The van der Waals surface area contributed by atoms with Crippen LogP contribution in [-0.2, 0) is 24.1 Å². The first kappa shape index (κ1) is 49.2. The summed E-state index contributed by atoms with van der Waals surface area (Å²) in [5.74, 6) is -1.02. The van der Waals surface area contributed by atoms with Gasteiger partial charge in [-0.3, -0.25) is 4.79 Å². The highest BCUT2D eigenvalue weighted by molar-refractivity contribution is 5.92. The van der Waals surface area contributed by atoms with E-state index < -0.39 is 35.4 Å². The van der Waals surface area contributed by atoms with Gasteiger partial charge < -0.3 is 61.0 Å². The smallest absolute Gasteiger partial charge is 0.200 e. The third-order valence-electron chi connectivity index (χ3n) is 16.5. The third kappa shape index (κ3) is 9.78. The number of nitrogens with one attached hydrogen (secondary N) is 4. The van der Waals surface area contributed by atoms with Crippen LogP contribution in [0.4, 0.5) is 5.69 Å². The van der Waals surface area contributed by atoms with Crippen LogP contribution in [0, 0.1) is 29.1 Å². The molecular formula is C59H70N4O9. The number of phenolic OH excluding ortho intramolecular Hbond substituents is 4. The summed E-state index contributed by atoms with van der Waals surface area (Å²) in [5, 5.41) is 82.5. The van der Waals surface area contributed by atoms with Crippen molar-refractivity contribution < 1.29 is 44.9 Å². The minimum atomic E-state index is -1.17. The zero-order valence-corrected chi connectivity index (χ0v) is 41.4. The SMILES string of the molecule is CNCC1CC(c2cc(O)c(O)c(OCC3C=CCC(C)C3)c2)CC(=O)C(C(O)CCc2ccc(O)c3c2CCCO3)C2(CCC(O)C2Cc2ccc[nH]2)C2=CCNC(=C2)Nc2ccc3cc(O)ccc3c21. The van der Waals surface area contributed by atoms with Gasteiger partial charge in [0, 0.05) is 59.9 Å². The van der Waals surface area contributed by atoms with E-state index in [0.29, 0.717) is 81.5 Å². The van der Waals surface area contributed by atoms with Crippen LogP contribution in [0.2, 0.25) is 0 Å². The molecule has 5 aliphatic rings. The number of H-pyrrole nitrogens is 1. The number of fused-ring (bicyclic) bond motifs is 6. The average molecular weight is 979 g/mol. The fourth-order valence-corrected chi connectivity index (χ4v) is 13.2. The number of aromatic amines is 1. The molecular weight excluding hydrogens is 909 g/mol. The van der Waals surface area contributed by atoms with Crippen LogP contribution >= 0.6 is 0 Å². The van der Waals surface area contributed by atoms with Crippen LogP contribution in [0.3, 0.4) is 0 Å². The Morgan fingerprint density at radius 2 is 1.89 bits per heavy atom. The normalized spacial score (nSPS) is 26.7. The molecule has 13 heteroatoms. The molecule has 2 aliphatic carbocycles. The number of ether oxygens (including phenoxy) is 2. The maximum atomic E-state index is 16.4. The first-order valence-corrected chi connectivity index (χ1v) is 26.1. The first-order valence-electron chi connectivity index (χ1n) is 26.1. The van der Waals surface area contributed by atoms with Gasteiger partial charge in [0.15, 0.2) is 23.0 Å². The number of allylic oxidation sites excluding steroid dienone is 3. The summed E-state index contributed by atoms with van der Waals surface area (Å²) >= 11 is 0. The van der Waals surface area contributed by atoms with E-state index in [1.165, 1.54) is 0 Å². The Labute approximate surface area is 421 Å². The number of aromatic hydroxyl groups is 4. The summed E-state index contributed by atoms with van der Waals surface area (Å²) in [7, 11) is 1.90. The number of ketones is 1. The number of Topliss-reactive ketones (excluding diaryl/α,β-unsaturated/α-hetero) is 1. The molecule has 9 atom stereocenters. The zero-order chi connectivity index (χ0) is 50.1. The van der Waals surface area contributed by atoms with Crippen LogP contribution in [-0.4, -0.2) is 87.0 Å². The molecule has 1 aromatic heterocycles. The Hall–Kier alpha value is -6.41. The summed E-state index contributed by atoms with van der Waals surface area (Å²) in [6.07, 6.45) is 14.2. The molecule has 4 aromatic carbocycles. The molecule has 10 N–H and O–H groups in total. The number of aliphatic hydroxyl groups is 2. The summed E-state index contributed by atoms with van der Waals surface area (Å²) in [6.45, 7) is 3.95. The Morgan fingerprint density at radius 1 is 1.01 bits per heavy atom. The van der Waals surface area contributed by atoms with Gasteiger partial charge in [-0.05, 0) is 177 Å². The zero-order valence-electron chi connectivity index (χ0n) is 41.4. The second kappa shape index (κ2) is 21.0. The van der Waals surface area contributed by atoms with Crippen LogP contribution in [0.1, 0.15) is 98.1 Å².